The lowest BCUT2D eigenvalue weighted by atomic mass is 10.0. The van der Waals surface area contributed by atoms with Crippen LogP contribution in [0.15, 0.2) is 48.5 Å². The van der Waals surface area contributed by atoms with E-state index in [0.717, 1.165) is 53.1 Å². The first-order chi connectivity index (χ1) is 15.2. The minimum atomic E-state index is -0.0513. The van der Waals surface area contributed by atoms with Crippen LogP contribution in [0.25, 0.3) is 22.4 Å². The Labute approximate surface area is 184 Å². The molecule has 3 atom stereocenters. The number of aromatic nitrogens is 2. The molecule has 3 heterocycles. The molecule has 0 bridgehead atoms. The van der Waals surface area contributed by atoms with Crippen molar-refractivity contribution >= 4 is 40.4 Å². The highest BCUT2D eigenvalue weighted by Gasteiger charge is 2.42. The van der Waals surface area contributed by atoms with Crippen LogP contribution in [0.1, 0.15) is 25.7 Å². The number of unbranched alkanes of at least 4 members (excludes halogenated alkanes) is 1. The quantitative estimate of drug-likeness (QED) is 0.334. The molecule has 160 valence electrons. The normalized spacial score (nSPS) is 22.2. The lowest BCUT2D eigenvalue weighted by Crippen LogP contribution is -2.36. The average Bonchev–Trinajstić information content (AvgIpc) is 3.45. The number of carbonyl (C=O) groups is 2. The van der Waals surface area contributed by atoms with Crippen molar-refractivity contribution in [2.75, 3.05) is 11.1 Å². The Morgan fingerprint density at radius 3 is 2.94 bits per heavy atom. The number of benzene rings is 2. The van der Waals surface area contributed by atoms with Gasteiger partial charge in [0.25, 0.3) is 0 Å². The van der Waals surface area contributed by atoms with E-state index in [-0.39, 0.29) is 24.0 Å². The zero-order valence-corrected chi connectivity index (χ0v) is 17.9. The number of hydrogen-bond donors (Lipinski definition) is 4. The van der Waals surface area contributed by atoms with Gasteiger partial charge in [-0.25, -0.2) is 9.78 Å². The first-order valence-corrected chi connectivity index (χ1v) is 11.7. The predicted molar refractivity (Wildman–Crippen MR) is 124 cm³/mol. The van der Waals surface area contributed by atoms with Gasteiger partial charge in [-0.15, -0.1) is 0 Å². The van der Waals surface area contributed by atoms with Gasteiger partial charge in [-0.2, -0.15) is 11.8 Å². The van der Waals surface area contributed by atoms with Gasteiger partial charge in [0.1, 0.15) is 5.82 Å². The van der Waals surface area contributed by atoms with E-state index in [1.165, 1.54) is 0 Å². The molecule has 7 nitrogen and oxygen atoms in total. The Balaban J connectivity index is 1.11. The molecule has 2 saturated heterocycles. The van der Waals surface area contributed by atoms with Gasteiger partial charge in [-0.05, 0) is 37.1 Å². The number of aromatic amines is 1. The van der Waals surface area contributed by atoms with Crippen LogP contribution in [0.3, 0.4) is 0 Å². The summed E-state index contributed by atoms with van der Waals surface area (Å²) in [6.45, 7) is 0. The van der Waals surface area contributed by atoms with Gasteiger partial charge in [-0.3, -0.25) is 4.79 Å². The van der Waals surface area contributed by atoms with Crippen molar-refractivity contribution in [3.05, 3.63) is 48.5 Å². The topological polar surface area (TPSA) is 98.9 Å². The van der Waals surface area contributed by atoms with Gasteiger partial charge in [0.05, 0.1) is 23.1 Å². The molecule has 1 aromatic heterocycles. The van der Waals surface area contributed by atoms with Gasteiger partial charge in [0, 0.05) is 28.7 Å². The van der Waals surface area contributed by atoms with Crippen LogP contribution in [0.2, 0.25) is 0 Å². The molecule has 0 radical (unpaired) electrons. The number of hydrogen-bond acceptors (Lipinski definition) is 4. The van der Waals surface area contributed by atoms with Crippen molar-refractivity contribution in [3.63, 3.8) is 0 Å². The standard InChI is InChI=1S/C23H25N5O2S/c29-20(11-4-3-10-19-21-18(13-31-19)27-23(30)28-21)24-15-7-5-6-14(12-15)22-25-16-8-1-2-9-17(16)26-22/h1-2,5-9,12,18-19,21H,3-4,10-11,13H2,(H,24,29)(H,25,26)(H2,27,28,30)/t18-,19-,21-/m0/s1. The van der Waals surface area contributed by atoms with Gasteiger partial charge in [0.15, 0.2) is 0 Å². The van der Waals surface area contributed by atoms with E-state index in [2.05, 4.69) is 25.9 Å². The van der Waals surface area contributed by atoms with Crippen LogP contribution in [0.5, 0.6) is 0 Å². The highest BCUT2D eigenvalue weighted by molar-refractivity contribution is 8.00. The van der Waals surface area contributed by atoms with Crippen molar-refractivity contribution in [2.24, 2.45) is 0 Å². The zero-order chi connectivity index (χ0) is 21.2. The Kier molecular flexibility index (Phi) is 5.55. The van der Waals surface area contributed by atoms with E-state index in [1.807, 2.05) is 60.3 Å². The fourth-order valence-corrected chi connectivity index (χ4v) is 5.87. The van der Waals surface area contributed by atoms with Crippen molar-refractivity contribution in [1.29, 1.82) is 0 Å². The van der Waals surface area contributed by atoms with Crippen molar-refractivity contribution in [2.45, 2.75) is 43.0 Å². The molecule has 0 unspecified atom stereocenters. The third-order valence-corrected chi connectivity index (χ3v) is 7.40. The maximum atomic E-state index is 12.4. The van der Waals surface area contributed by atoms with Gasteiger partial charge in [0.2, 0.25) is 5.91 Å². The van der Waals surface area contributed by atoms with Gasteiger partial charge in [-0.1, -0.05) is 30.7 Å². The number of H-pyrrole nitrogens is 1. The Morgan fingerprint density at radius 2 is 2.03 bits per heavy atom. The van der Waals surface area contributed by atoms with Gasteiger partial charge >= 0.3 is 6.03 Å². The molecule has 0 aliphatic carbocycles. The molecule has 2 fully saturated rings. The molecule has 2 aromatic carbocycles. The monoisotopic (exact) mass is 435 g/mol. The minimum Gasteiger partial charge on any atom is -0.338 e. The van der Waals surface area contributed by atoms with E-state index in [1.54, 1.807) is 0 Å². The van der Waals surface area contributed by atoms with E-state index >= 15 is 0 Å². The number of nitrogens with zero attached hydrogens (tertiary/aromatic N) is 1. The maximum Gasteiger partial charge on any atom is 0.315 e. The average molecular weight is 436 g/mol. The Morgan fingerprint density at radius 1 is 1.13 bits per heavy atom. The van der Waals surface area contributed by atoms with Crippen LogP contribution in [0, 0.1) is 0 Å². The number of thioether (sulfide) groups is 1. The lowest BCUT2D eigenvalue weighted by Gasteiger charge is -2.16. The number of carbonyl (C=O) groups excluding carboxylic acids is 2. The second-order valence-corrected chi connectivity index (χ2v) is 9.37. The lowest BCUT2D eigenvalue weighted by molar-refractivity contribution is -0.116. The second kappa shape index (κ2) is 8.63. The number of para-hydroxylation sites is 2. The summed E-state index contributed by atoms with van der Waals surface area (Å²) in [6.07, 6.45) is 3.32. The third-order valence-electron chi connectivity index (χ3n) is 5.89. The molecule has 2 aliphatic heterocycles. The molecule has 3 aromatic rings. The fourth-order valence-electron chi connectivity index (χ4n) is 4.33. The Hall–Kier alpha value is -3.00. The molecular weight excluding hydrogens is 410 g/mol. The summed E-state index contributed by atoms with van der Waals surface area (Å²) in [7, 11) is 0. The number of nitrogens with one attached hydrogen (secondary N) is 4. The number of urea groups is 1. The van der Waals surface area contributed by atoms with Gasteiger partial charge < -0.3 is 20.9 Å². The summed E-state index contributed by atoms with van der Waals surface area (Å²) in [5, 5.41) is 9.42. The summed E-state index contributed by atoms with van der Waals surface area (Å²) in [5.41, 5.74) is 3.63. The molecule has 5 rings (SSSR count). The molecule has 31 heavy (non-hydrogen) atoms. The molecular formula is C23H25N5O2S. The van der Waals surface area contributed by atoms with Crippen LogP contribution in [0.4, 0.5) is 10.5 Å². The zero-order valence-electron chi connectivity index (χ0n) is 17.1. The van der Waals surface area contributed by atoms with Crippen molar-refractivity contribution in [3.8, 4) is 11.4 Å². The van der Waals surface area contributed by atoms with Crippen molar-refractivity contribution in [1.82, 2.24) is 20.6 Å². The van der Waals surface area contributed by atoms with E-state index in [0.29, 0.717) is 11.7 Å². The second-order valence-electron chi connectivity index (χ2n) is 8.10. The molecule has 0 spiro atoms. The number of fused-ring (bicyclic) bond motifs is 2. The molecule has 0 saturated carbocycles. The number of amides is 3. The SMILES string of the molecule is O=C(CCCC[C@@H]1SC[C@@H]2NC(=O)N[C@@H]21)Nc1cccc(-c2nc3ccccc3[nH]2)c1. The van der Waals surface area contributed by atoms with Crippen molar-refractivity contribution < 1.29 is 9.59 Å². The van der Waals surface area contributed by atoms with E-state index < -0.39 is 0 Å². The van der Waals surface area contributed by atoms with Crippen LogP contribution in [-0.4, -0.2) is 45.0 Å². The molecule has 2 aliphatic rings. The third kappa shape index (κ3) is 4.39. The summed E-state index contributed by atoms with van der Waals surface area (Å²) in [5.74, 6) is 1.78. The molecule has 4 N–H and O–H groups in total. The summed E-state index contributed by atoms with van der Waals surface area (Å²) >= 11 is 1.91. The number of rotatable bonds is 7. The largest absolute Gasteiger partial charge is 0.338 e. The predicted octanol–water partition coefficient (Wildman–Crippen LogP) is 3.89. The highest BCUT2D eigenvalue weighted by Crippen LogP contribution is 2.33. The summed E-state index contributed by atoms with van der Waals surface area (Å²) in [6, 6.07) is 16.1. The molecule has 8 heteroatoms. The summed E-state index contributed by atoms with van der Waals surface area (Å²) < 4.78 is 0. The van der Waals surface area contributed by atoms with E-state index in [9.17, 15) is 9.59 Å². The number of anilines is 1. The number of imidazole rings is 1. The highest BCUT2D eigenvalue weighted by atomic mass is 32.2. The summed E-state index contributed by atoms with van der Waals surface area (Å²) in [4.78, 5) is 31.8. The van der Waals surface area contributed by atoms with E-state index in [4.69, 9.17) is 0 Å². The molecule has 3 amide bonds. The minimum absolute atomic E-state index is 0.0227. The van der Waals surface area contributed by atoms with Crippen LogP contribution in [-0.2, 0) is 4.79 Å². The Bertz CT molecular complexity index is 1080. The van der Waals surface area contributed by atoms with Crippen LogP contribution < -0.4 is 16.0 Å². The van der Waals surface area contributed by atoms with Crippen LogP contribution >= 0.6 is 11.8 Å². The smallest absolute Gasteiger partial charge is 0.315 e. The maximum absolute atomic E-state index is 12.4. The fraction of sp³-hybridized carbons (Fsp3) is 0.348. The first-order valence-electron chi connectivity index (χ1n) is 10.7. The first kappa shape index (κ1) is 19.9.